The molecule has 1 N–H and O–H groups in total. The summed E-state index contributed by atoms with van der Waals surface area (Å²) in [7, 11) is 0. The fourth-order valence-electron chi connectivity index (χ4n) is 0.308. The number of halogens is 2. The van der Waals surface area contributed by atoms with Crippen LogP contribution in [0.1, 0.15) is 13.8 Å². The van der Waals surface area contributed by atoms with Crippen LogP contribution >= 0.6 is 0 Å². The zero-order chi connectivity index (χ0) is 6.78. The molecule has 0 aliphatic rings. The van der Waals surface area contributed by atoms with Gasteiger partial charge in [-0.3, -0.25) is 0 Å². The fourth-order valence-corrected chi connectivity index (χ4v) is 0.308. The van der Waals surface area contributed by atoms with E-state index in [2.05, 4.69) is 0 Å². The summed E-state index contributed by atoms with van der Waals surface area (Å²) in [6.45, 7) is 2.61. The SMILES string of the molecule is CC(C)(O)[CH]C(F)F. The van der Waals surface area contributed by atoms with E-state index in [-0.39, 0.29) is 0 Å². The number of hydrogen-bond donors (Lipinski definition) is 1. The number of aliphatic hydroxyl groups is 1. The second kappa shape index (κ2) is 2.40. The Morgan fingerprint density at radius 1 is 1.50 bits per heavy atom. The lowest BCUT2D eigenvalue weighted by Crippen LogP contribution is -2.22. The van der Waals surface area contributed by atoms with Crippen LogP contribution < -0.4 is 0 Å². The van der Waals surface area contributed by atoms with Gasteiger partial charge in [0, 0.05) is 0 Å². The topological polar surface area (TPSA) is 20.2 Å². The molecular formula is C5H9F2O. The summed E-state index contributed by atoms with van der Waals surface area (Å²) in [6.07, 6.45) is -1.96. The molecule has 0 bridgehead atoms. The van der Waals surface area contributed by atoms with Crippen LogP contribution in [0.4, 0.5) is 8.78 Å². The Kier molecular flexibility index (Phi) is 2.34. The van der Waals surface area contributed by atoms with Crippen LogP contribution in [0.2, 0.25) is 0 Å². The van der Waals surface area contributed by atoms with E-state index in [1.165, 1.54) is 13.8 Å². The third-order valence-electron chi connectivity index (χ3n) is 0.534. The Labute approximate surface area is 47.3 Å². The molecule has 0 spiro atoms. The molecule has 0 rings (SSSR count). The summed E-state index contributed by atoms with van der Waals surface area (Å²) < 4.78 is 22.6. The van der Waals surface area contributed by atoms with Gasteiger partial charge in [0.25, 0.3) is 0 Å². The quantitative estimate of drug-likeness (QED) is 0.585. The molecule has 0 aliphatic heterocycles. The number of hydrogen-bond acceptors (Lipinski definition) is 1. The Morgan fingerprint density at radius 2 is 1.88 bits per heavy atom. The van der Waals surface area contributed by atoms with Crippen LogP contribution in [-0.2, 0) is 0 Å². The minimum atomic E-state index is -2.53. The largest absolute Gasteiger partial charge is 0.390 e. The van der Waals surface area contributed by atoms with E-state index < -0.39 is 12.0 Å². The molecule has 0 amide bonds. The Morgan fingerprint density at radius 3 is 1.88 bits per heavy atom. The molecule has 8 heavy (non-hydrogen) atoms. The highest BCUT2D eigenvalue weighted by atomic mass is 19.3. The summed E-state index contributed by atoms with van der Waals surface area (Å²) in [5.41, 5.74) is -1.35. The molecule has 0 aliphatic carbocycles. The Hall–Kier alpha value is -0.180. The Balaban J connectivity index is 3.39. The molecular weight excluding hydrogens is 114 g/mol. The first-order valence-corrected chi connectivity index (χ1v) is 2.28. The van der Waals surface area contributed by atoms with Gasteiger partial charge in [-0.2, -0.15) is 0 Å². The van der Waals surface area contributed by atoms with Crippen LogP contribution in [0.15, 0.2) is 0 Å². The maximum atomic E-state index is 11.3. The first-order chi connectivity index (χ1) is 3.42. The van der Waals surface area contributed by atoms with Gasteiger partial charge in [0.15, 0.2) is 0 Å². The molecule has 0 aromatic rings. The van der Waals surface area contributed by atoms with Gasteiger partial charge in [0.05, 0.1) is 12.0 Å². The summed E-state index contributed by atoms with van der Waals surface area (Å²) in [4.78, 5) is 0. The highest BCUT2D eigenvalue weighted by Gasteiger charge is 2.19. The molecule has 0 atom stereocenters. The minimum Gasteiger partial charge on any atom is -0.390 e. The molecule has 0 saturated heterocycles. The predicted molar refractivity (Wildman–Crippen MR) is 26.6 cm³/mol. The van der Waals surface area contributed by atoms with Gasteiger partial charge in [-0.1, -0.05) is 0 Å². The molecule has 0 fully saturated rings. The van der Waals surface area contributed by atoms with Crippen molar-refractivity contribution in [1.29, 1.82) is 0 Å². The lowest BCUT2D eigenvalue weighted by atomic mass is 10.1. The van der Waals surface area contributed by atoms with Gasteiger partial charge in [-0.05, 0) is 13.8 Å². The summed E-state index contributed by atoms with van der Waals surface area (Å²) in [5, 5.41) is 8.65. The molecule has 49 valence electrons. The van der Waals surface area contributed by atoms with Gasteiger partial charge >= 0.3 is 0 Å². The van der Waals surface area contributed by atoms with Crippen molar-refractivity contribution in [3.05, 3.63) is 6.42 Å². The molecule has 0 unspecified atom stereocenters. The first-order valence-electron chi connectivity index (χ1n) is 2.28. The lowest BCUT2D eigenvalue weighted by molar-refractivity contribution is 0.0637. The number of alkyl halides is 2. The average Bonchev–Trinajstić information content (AvgIpc) is 1.21. The summed E-state index contributed by atoms with van der Waals surface area (Å²) >= 11 is 0. The standard InChI is InChI=1S/C5H9F2O/c1-5(2,8)3-4(6)7/h3-4,8H,1-2H3. The molecule has 3 heteroatoms. The van der Waals surface area contributed by atoms with Crippen LogP contribution in [0, 0.1) is 6.42 Å². The minimum absolute atomic E-state index is 0.576. The van der Waals surface area contributed by atoms with Crippen molar-refractivity contribution in [3.8, 4) is 0 Å². The predicted octanol–water partition coefficient (Wildman–Crippen LogP) is 1.23. The van der Waals surface area contributed by atoms with Crippen LogP contribution in [-0.4, -0.2) is 17.1 Å². The van der Waals surface area contributed by atoms with Gasteiger partial charge in [0.1, 0.15) is 0 Å². The van der Waals surface area contributed by atoms with Crippen LogP contribution in [0.25, 0.3) is 0 Å². The zero-order valence-electron chi connectivity index (χ0n) is 4.86. The number of rotatable bonds is 2. The second-order valence-electron chi connectivity index (χ2n) is 2.15. The average molecular weight is 123 g/mol. The maximum Gasteiger partial charge on any atom is 0.244 e. The van der Waals surface area contributed by atoms with Crippen molar-refractivity contribution in [2.24, 2.45) is 0 Å². The van der Waals surface area contributed by atoms with E-state index in [0.717, 1.165) is 0 Å². The van der Waals surface area contributed by atoms with Crippen molar-refractivity contribution in [2.75, 3.05) is 0 Å². The Bertz CT molecular complexity index is 65.3. The molecule has 0 aromatic carbocycles. The zero-order valence-corrected chi connectivity index (χ0v) is 4.86. The molecule has 0 heterocycles. The van der Waals surface area contributed by atoms with E-state index in [9.17, 15) is 8.78 Å². The van der Waals surface area contributed by atoms with Crippen molar-refractivity contribution >= 4 is 0 Å². The van der Waals surface area contributed by atoms with E-state index in [4.69, 9.17) is 5.11 Å². The van der Waals surface area contributed by atoms with Gasteiger partial charge in [0.2, 0.25) is 6.43 Å². The normalized spacial score (nSPS) is 12.8. The second-order valence-corrected chi connectivity index (χ2v) is 2.15. The molecule has 1 nitrogen and oxygen atoms in total. The first kappa shape index (κ1) is 7.82. The highest BCUT2D eigenvalue weighted by Crippen LogP contribution is 2.11. The summed E-state index contributed by atoms with van der Waals surface area (Å²) in [5.74, 6) is 0. The maximum absolute atomic E-state index is 11.3. The van der Waals surface area contributed by atoms with Gasteiger partial charge < -0.3 is 5.11 Å². The molecule has 0 saturated carbocycles. The van der Waals surface area contributed by atoms with Crippen LogP contribution in [0.5, 0.6) is 0 Å². The van der Waals surface area contributed by atoms with E-state index >= 15 is 0 Å². The third-order valence-corrected chi connectivity index (χ3v) is 0.534. The molecule has 0 aromatic heterocycles. The highest BCUT2D eigenvalue weighted by molar-refractivity contribution is 4.85. The van der Waals surface area contributed by atoms with Crippen molar-refractivity contribution < 1.29 is 13.9 Å². The molecule has 1 radical (unpaired) electrons. The summed E-state index contributed by atoms with van der Waals surface area (Å²) in [6, 6.07) is 0. The van der Waals surface area contributed by atoms with Crippen LogP contribution in [0.3, 0.4) is 0 Å². The lowest BCUT2D eigenvalue weighted by Gasteiger charge is -2.14. The van der Waals surface area contributed by atoms with E-state index in [1.54, 1.807) is 0 Å². The van der Waals surface area contributed by atoms with E-state index in [1.807, 2.05) is 0 Å². The fraction of sp³-hybridized carbons (Fsp3) is 0.800. The smallest absolute Gasteiger partial charge is 0.244 e. The van der Waals surface area contributed by atoms with Crippen molar-refractivity contribution in [1.82, 2.24) is 0 Å². The van der Waals surface area contributed by atoms with Crippen molar-refractivity contribution in [2.45, 2.75) is 25.9 Å². The third kappa shape index (κ3) is 5.82. The van der Waals surface area contributed by atoms with E-state index in [0.29, 0.717) is 6.42 Å². The van der Waals surface area contributed by atoms with Gasteiger partial charge in [-0.25, -0.2) is 8.78 Å². The van der Waals surface area contributed by atoms with Crippen molar-refractivity contribution in [3.63, 3.8) is 0 Å². The van der Waals surface area contributed by atoms with Gasteiger partial charge in [-0.15, -0.1) is 0 Å². The monoisotopic (exact) mass is 123 g/mol.